The lowest BCUT2D eigenvalue weighted by Crippen LogP contribution is -1.98. The maximum Gasteiger partial charge on any atom is 0.138 e. The van der Waals surface area contributed by atoms with Gasteiger partial charge in [0.05, 0.1) is 11.7 Å². The van der Waals surface area contributed by atoms with Crippen LogP contribution in [0.25, 0.3) is 10.9 Å². The van der Waals surface area contributed by atoms with Gasteiger partial charge in [0, 0.05) is 17.5 Å². The lowest BCUT2D eigenvalue weighted by atomic mass is 10.1. The van der Waals surface area contributed by atoms with E-state index >= 15 is 0 Å². The van der Waals surface area contributed by atoms with Crippen molar-refractivity contribution in [3.05, 3.63) is 36.0 Å². The molecule has 0 spiro atoms. The minimum atomic E-state index is 0.168. The molecule has 2 rings (SSSR count). The summed E-state index contributed by atoms with van der Waals surface area (Å²) in [5, 5.41) is 10.4. The van der Waals surface area contributed by atoms with Crippen LogP contribution in [0.5, 0.6) is 5.75 Å². The summed E-state index contributed by atoms with van der Waals surface area (Å²) in [5.41, 5.74) is 7.15. The van der Waals surface area contributed by atoms with Crippen molar-refractivity contribution in [3.8, 4) is 5.75 Å². The second-order valence-electron chi connectivity index (χ2n) is 2.84. The van der Waals surface area contributed by atoms with Crippen LogP contribution in [-0.2, 0) is 6.54 Å². The second kappa shape index (κ2) is 3.03. The van der Waals surface area contributed by atoms with Crippen LogP contribution in [0.2, 0.25) is 0 Å². The molecule has 13 heavy (non-hydrogen) atoms. The molecule has 0 saturated carbocycles. The fourth-order valence-electron chi connectivity index (χ4n) is 1.40. The Bertz CT molecular complexity index is 440. The first-order valence-electron chi connectivity index (χ1n) is 4.08. The topological polar surface area (TPSA) is 59.1 Å². The Morgan fingerprint density at radius 1 is 1.31 bits per heavy atom. The predicted octanol–water partition coefficient (Wildman–Crippen LogP) is 1.40. The van der Waals surface area contributed by atoms with E-state index in [1.54, 1.807) is 0 Å². The molecule has 3 N–H and O–H groups in total. The highest BCUT2D eigenvalue weighted by Gasteiger charge is 2.04. The molecule has 0 aliphatic rings. The molecule has 0 aliphatic carbocycles. The van der Waals surface area contributed by atoms with Gasteiger partial charge in [-0.15, -0.1) is 0 Å². The van der Waals surface area contributed by atoms with Crippen LogP contribution in [0.1, 0.15) is 5.56 Å². The van der Waals surface area contributed by atoms with Gasteiger partial charge in [0.2, 0.25) is 0 Å². The molecule has 0 bridgehead atoms. The summed E-state index contributed by atoms with van der Waals surface area (Å²) < 4.78 is 0. The lowest BCUT2D eigenvalue weighted by molar-refractivity contribution is 0.467. The molecule has 0 atom stereocenters. The van der Waals surface area contributed by atoms with Gasteiger partial charge in [0.25, 0.3) is 0 Å². The molecule has 0 saturated heterocycles. The summed E-state index contributed by atoms with van der Waals surface area (Å²) in [4.78, 5) is 4.08. The SMILES string of the molecule is NCc1c(O)cnc2ccccc12. The first kappa shape index (κ1) is 8.01. The summed E-state index contributed by atoms with van der Waals surface area (Å²) >= 11 is 0. The monoisotopic (exact) mass is 174 g/mol. The molecule has 66 valence electrons. The van der Waals surface area contributed by atoms with Crippen LogP contribution in [0, 0.1) is 0 Å². The highest BCUT2D eigenvalue weighted by molar-refractivity contribution is 5.83. The quantitative estimate of drug-likeness (QED) is 0.687. The first-order chi connectivity index (χ1) is 6.33. The zero-order valence-corrected chi connectivity index (χ0v) is 7.07. The van der Waals surface area contributed by atoms with Gasteiger partial charge in [-0.2, -0.15) is 0 Å². The average Bonchev–Trinajstić information content (AvgIpc) is 2.18. The zero-order valence-electron chi connectivity index (χ0n) is 7.07. The summed E-state index contributed by atoms with van der Waals surface area (Å²) in [5.74, 6) is 0.168. The van der Waals surface area contributed by atoms with Crippen molar-refractivity contribution in [1.82, 2.24) is 4.98 Å². The third-order valence-electron chi connectivity index (χ3n) is 2.07. The van der Waals surface area contributed by atoms with E-state index < -0.39 is 0 Å². The van der Waals surface area contributed by atoms with Crippen molar-refractivity contribution >= 4 is 10.9 Å². The Hall–Kier alpha value is -1.61. The second-order valence-corrected chi connectivity index (χ2v) is 2.84. The number of nitrogens with zero attached hydrogens (tertiary/aromatic N) is 1. The fourth-order valence-corrected chi connectivity index (χ4v) is 1.40. The highest BCUT2D eigenvalue weighted by Crippen LogP contribution is 2.23. The third kappa shape index (κ3) is 1.23. The Kier molecular flexibility index (Phi) is 1.87. The van der Waals surface area contributed by atoms with Crippen LogP contribution in [0.3, 0.4) is 0 Å². The van der Waals surface area contributed by atoms with E-state index in [1.165, 1.54) is 6.20 Å². The number of aromatic nitrogens is 1. The Labute approximate surface area is 75.8 Å². The Balaban J connectivity index is 2.84. The number of hydrogen-bond donors (Lipinski definition) is 2. The van der Waals surface area contributed by atoms with Gasteiger partial charge in [0.1, 0.15) is 5.75 Å². The normalized spacial score (nSPS) is 10.5. The molecule has 1 aromatic heterocycles. The maximum atomic E-state index is 9.47. The lowest BCUT2D eigenvalue weighted by Gasteiger charge is -2.04. The number of fused-ring (bicyclic) bond motifs is 1. The molecule has 0 fully saturated rings. The largest absolute Gasteiger partial charge is 0.506 e. The Morgan fingerprint density at radius 3 is 2.85 bits per heavy atom. The van der Waals surface area contributed by atoms with Crippen LogP contribution in [-0.4, -0.2) is 10.1 Å². The van der Waals surface area contributed by atoms with Crippen LogP contribution < -0.4 is 5.73 Å². The van der Waals surface area contributed by atoms with Crippen molar-refractivity contribution in [2.24, 2.45) is 5.73 Å². The van der Waals surface area contributed by atoms with Crippen molar-refractivity contribution < 1.29 is 5.11 Å². The summed E-state index contributed by atoms with van der Waals surface area (Å²) in [6.07, 6.45) is 1.44. The van der Waals surface area contributed by atoms with Gasteiger partial charge < -0.3 is 10.8 Å². The molecule has 1 heterocycles. The molecule has 3 nitrogen and oxygen atoms in total. The van der Waals surface area contributed by atoms with Gasteiger partial charge in [-0.3, -0.25) is 4.98 Å². The third-order valence-corrected chi connectivity index (χ3v) is 2.07. The molecular formula is C10H10N2O. The fraction of sp³-hybridized carbons (Fsp3) is 0.100. The number of aromatic hydroxyl groups is 1. The van der Waals surface area contributed by atoms with E-state index in [-0.39, 0.29) is 5.75 Å². The summed E-state index contributed by atoms with van der Waals surface area (Å²) in [6, 6.07) is 7.62. The predicted molar refractivity (Wildman–Crippen MR) is 51.3 cm³/mol. The van der Waals surface area contributed by atoms with Crippen LogP contribution >= 0.6 is 0 Å². The molecule has 0 aliphatic heterocycles. The number of rotatable bonds is 1. The van der Waals surface area contributed by atoms with E-state index in [2.05, 4.69) is 4.98 Å². The van der Waals surface area contributed by atoms with Crippen molar-refractivity contribution in [3.63, 3.8) is 0 Å². The first-order valence-corrected chi connectivity index (χ1v) is 4.08. The van der Waals surface area contributed by atoms with Crippen LogP contribution in [0.15, 0.2) is 30.5 Å². The molecule has 0 amide bonds. The average molecular weight is 174 g/mol. The molecule has 3 heteroatoms. The molecular weight excluding hydrogens is 164 g/mol. The minimum Gasteiger partial charge on any atom is -0.506 e. The number of pyridine rings is 1. The van der Waals surface area contributed by atoms with Gasteiger partial charge in [-0.1, -0.05) is 18.2 Å². The number of nitrogens with two attached hydrogens (primary N) is 1. The van der Waals surface area contributed by atoms with Crippen molar-refractivity contribution in [2.45, 2.75) is 6.54 Å². The van der Waals surface area contributed by atoms with E-state index in [1.807, 2.05) is 24.3 Å². The molecule has 1 aromatic carbocycles. The highest BCUT2D eigenvalue weighted by atomic mass is 16.3. The van der Waals surface area contributed by atoms with E-state index in [0.717, 1.165) is 16.5 Å². The number of para-hydroxylation sites is 1. The number of benzene rings is 1. The van der Waals surface area contributed by atoms with Crippen molar-refractivity contribution in [2.75, 3.05) is 0 Å². The zero-order chi connectivity index (χ0) is 9.26. The van der Waals surface area contributed by atoms with Gasteiger partial charge >= 0.3 is 0 Å². The van der Waals surface area contributed by atoms with E-state index in [4.69, 9.17) is 5.73 Å². The summed E-state index contributed by atoms with van der Waals surface area (Å²) in [6.45, 7) is 0.328. The molecule has 2 aromatic rings. The summed E-state index contributed by atoms with van der Waals surface area (Å²) in [7, 11) is 0. The van der Waals surface area contributed by atoms with Gasteiger partial charge in [-0.05, 0) is 6.07 Å². The van der Waals surface area contributed by atoms with E-state index in [0.29, 0.717) is 6.54 Å². The Morgan fingerprint density at radius 2 is 2.08 bits per heavy atom. The van der Waals surface area contributed by atoms with Crippen molar-refractivity contribution in [1.29, 1.82) is 0 Å². The number of hydrogen-bond acceptors (Lipinski definition) is 3. The van der Waals surface area contributed by atoms with E-state index in [9.17, 15) is 5.11 Å². The van der Waals surface area contributed by atoms with Gasteiger partial charge in [-0.25, -0.2) is 0 Å². The standard InChI is InChI=1S/C10H10N2O/c11-5-8-7-3-1-2-4-9(7)12-6-10(8)13/h1-4,6,13H,5,11H2. The van der Waals surface area contributed by atoms with Crippen LogP contribution in [0.4, 0.5) is 0 Å². The molecule has 0 radical (unpaired) electrons. The minimum absolute atomic E-state index is 0.168. The maximum absolute atomic E-state index is 9.47. The smallest absolute Gasteiger partial charge is 0.138 e. The molecule has 0 unspecified atom stereocenters. The van der Waals surface area contributed by atoms with Gasteiger partial charge in [0.15, 0.2) is 0 Å².